The van der Waals surface area contributed by atoms with Gasteiger partial charge in [0.2, 0.25) is 0 Å². The molecule has 0 aromatic carbocycles. The Morgan fingerprint density at radius 2 is 2.00 bits per heavy atom. The van der Waals surface area contributed by atoms with Gasteiger partial charge in [-0.3, -0.25) is 9.35 Å². The van der Waals surface area contributed by atoms with E-state index < -0.39 is 33.6 Å². The Bertz CT molecular complexity index is 491. The zero-order chi connectivity index (χ0) is 15.1. The lowest BCUT2D eigenvalue weighted by atomic mass is 9.90. The van der Waals surface area contributed by atoms with E-state index in [9.17, 15) is 17.6 Å². The maximum atomic E-state index is 13.1. The van der Waals surface area contributed by atoms with Crippen LogP contribution in [0.3, 0.4) is 0 Å². The maximum Gasteiger partial charge on any atom is 0.312 e. The molecular formula is C13H21FO5S. The van der Waals surface area contributed by atoms with Gasteiger partial charge in [-0.25, -0.2) is 4.39 Å². The molecule has 0 amide bonds. The third-order valence-corrected chi connectivity index (χ3v) is 5.29. The molecule has 2 rings (SSSR count). The van der Waals surface area contributed by atoms with Gasteiger partial charge in [0.05, 0.1) is 5.41 Å². The predicted octanol–water partition coefficient (Wildman–Crippen LogP) is 2.18. The summed E-state index contributed by atoms with van der Waals surface area (Å²) >= 11 is 0. The van der Waals surface area contributed by atoms with E-state index in [-0.39, 0.29) is 5.92 Å². The van der Waals surface area contributed by atoms with Crippen LogP contribution in [0.15, 0.2) is 0 Å². The van der Waals surface area contributed by atoms with Crippen molar-refractivity contribution in [2.45, 2.75) is 45.0 Å². The number of fused-ring (bicyclic) bond motifs is 1. The molecule has 0 radical (unpaired) electrons. The van der Waals surface area contributed by atoms with Crippen LogP contribution in [0.4, 0.5) is 4.39 Å². The highest BCUT2D eigenvalue weighted by Gasteiger charge is 2.62. The molecule has 2 aliphatic rings. The number of carbonyl (C=O) groups excluding carboxylic acids is 1. The van der Waals surface area contributed by atoms with Crippen molar-refractivity contribution >= 4 is 16.1 Å². The van der Waals surface area contributed by atoms with E-state index in [1.165, 1.54) is 0 Å². The monoisotopic (exact) mass is 308 g/mol. The molecule has 20 heavy (non-hydrogen) atoms. The molecule has 2 saturated carbocycles. The first-order valence-electron chi connectivity index (χ1n) is 6.92. The fourth-order valence-corrected chi connectivity index (χ4v) is 3.86. The fourth-order valence-electron chi connectivity index (χ4n) is 3.62. The Morgan fingerprint density at radius 1 is 1.35 bits per heavy atom. The molecule has 5 unspecified atom stereocenters. The second-order valence-corrected chi connectivity index (χ2v) is 8.01. The molecule has 1 N–H and O–H groups in total. The van der Waals surface area contributed by atoms with Gasteiger partial charge >= 0.3 is 16.1 Å². The standard InChI is InChI=1S/C13H21FO5S/c1-8-3-9(2)5-13(6-10(13)4-8)12(15)19-7-11(14)20(16,17)18/h8-11H,3-7H2,1-2H3,(H,16,17,18). The van der Waals surface area contributed by atoms with Crippen molar-refractivity contribution in [1.29, 1.82) is 0 Å². The van der Waals surface area contributed by atoms with Gasteiger partial charge in [-0.2, -0.15) is 8.42 Å². The molecule has 0 aromatic heterocycles. The molecule has 0 bridgehead atoms. The molecule has 0 spiro atoms. The Labute approximate surface area is 118 Å². The van der Waals surface area contributed by atoms with Crippen molar-refractivity contribution in [2.24, 2.45) is 23.2 Å². The Morgan fingerprint density at radius 3 is 2.60 bits per heavy atom. The number of esters is 1. The van der Waals surface area contributed by atoms with Gasteiger partial charge in [-0.1, -0.05) is 13.8 Å². The van der Waals surface area contributed by atoms with Gasteiger partial charge in [0.1, 0.15) is 6.61 Å². The van der Waals surface area contributed by atoms with Crippen molar-refractivity contribution in [2.75, 3.05) is 6.61 Å². The molecule has 116 valence electrons. The minimum Gasteiger partial charge on any atom is -0.461 e. The summed E-state index contributed by atoms with van der Waals surface area (Å²) in [7, 11) is -4.81. The molecule has 5 atom stereocenters. The topological polar surface area (TPSA) is 80.7 Å². The highest BCUT2D eigenvalue weighted by molar-refractivity contribution is 7.86. The van der Waals surface area contributed by atoms with Crippen molar-refractivity contribution in [1.82, 2.24) is 0 Å². The minimum atomic E-state index is -4.81. The first-order valence-corrected chi connectivity index (χ1v) is 8.43. The number of ether oxygens (including phenoxy) is 1. The van der Waals surface area contributed by atoms with Gasteiger partial charge in [0, 0.05) is 0 Å². The van der Waals surface area contributed by atoms with Crippen molar-refractivity contribution in [3.8, 4) is 0 Å². The average Bonchev–Trinajstić information content (AvgIpc) is 2.97. The van der Waals surface area contributed by atoms with Crippen LogP contribution >= 0.6 is 0 Å². The van der Waals surface area contributed by atoms with Crippen LogP contribution in [0.1, 0.15) is 39.5 Å². The summed E-state index contributed by atoms with van der Waals surface area (Å²) in [5.41, 5.74) is -3.12. The van der Waals surface area contributed by atoms with Crippen LogP contribution in [-0.2, 0) is 19.6 Å². The number of rotatable bonds is 4. The number of carbonyl (C=O) groups is 1. The molecule has 2 fully saturated rings. The van der Waals surface area contributed by atoms with E-state index in [0.717, 1.165) is 19.3 Å². The van der Waals surface area contributed by atoms with Crippen LogP contribution in [0.2, 0.25) is 0 Å². The lowest BCUT2D eigenvalue weighted by Crippen LogP contribution is -2.28. The van der Waals surface area contributed by atoms with Crippen LogP contribution in [0.25, 0.3) is 0 Å². The summed E-state index contributed by atoms with van der Waals surface area (Å²) in [4.78, 5) is 12.1. The Balaban J connectivity index is 1.96. The zero-order valence-corrected chi connectivity index (χ0v) is 12.5. The minimum absolute atomic E-state index is 0.263. The maximum absolute atomic E-state index is 13.1. The van der Waals surface area contributed by atoms with Crippen LogP contribution in [0, 0.1) is 23.2 Å². The Hall–Kier alpha value is -0.690. The SMILES string of the molecule is CC1CC(C)CC2(C(=O)OCC(F)S(=O)(=O)O)CC2C1. The zero-order valence-electron chi connectivity index (χ0n) is 11.7. The van der Waals surface area contributed by atoms with Gasteiger partial charge in [-0.05, 0) is 43.4 Å². The quantitative estimate of drug-likeness (QED) is 0.636. The lowest BCUT2D eigenvalue weighted by Gasteiger charge is -2.18. The summed E-state index contributed by atoms with van der Waals surface area (Å²) in [5.74, 6) is 0.695. The molecule has 0 aliphatic heterocycles. The van der Waals surface area contributed by atoms with Crippen molar-refractivity contribution in [3.05, 3.63) is 0 Å². The number of hydrogen-bond acceptors (Lipinski definition) is 4. The van der Waals surface area contributed by atoms with Gasteiger partial charge in [0.25, 0.3) is 5.50 Å². The van der Waals surface area contributed by atoms with Crippen molar-refractivity contribution in [3.63, 3.8) is 0 Å². The normalized spacial score (nSPS) is 38.5. The highest BCUT2D eigenvalue weighted by Crippen LogP contribution is 2.62. The number of alkyl halides is 1. The first kappa shape index (κ1) is 15.7. The molecule has 2 aliphatic carbocycles. The Kier molecular flexibility index (Phi) is 4.12. The third-order valence-electron chi connectivity index (χ3n) is 4.51. The van der Waals surface area contributed by atoms with Gasteiger partial charge in [0.15, 0.2) is 0 Å². The summed E-state index contributed by atoms with van der Waals surface area (Å²) in [6, 6.07) is 0. The van der Waals surface area contributed by atoms with Crippen molar-refractivity contribution < 1.29 is 26.9 Å². The van der Waals surface area contributed by atoms with Crippen LogP contribution < -0.4 is 0 Å². The summed E-state index contributed by atoms with van der Waals surface area (Å²) in [5, 5.41) is 0. The second-order valence-electron chi connectivity index (χ2n) is 6.47. The summed E-state index contributed by atoms with van der Waals surface area (Å²) < 4.78 is 47.5. The van der Waals surface area contributed by atoms with E-state index in [1.807, 2.05) is 0 Å². The van der Waals surface area contributed by atoms with Crippen LogP contribution in [-0.4, -0.2) is 31.1 Å². The van der Waals surface area contributed by atoms with E-state index in [0.29, 0.717) is 18.3 Å². The largest absolute Gasteiger partial charge is 0.461 e. The predicted molar refractivity (Wildman–Crippen MR) is 70.1 cm³/mol. The van der Waals surface area contributed by atoms with Crippen LogP contribution in [0.5, 0.6) is 0 Å². The first-order chi connectivity index (χ1) is 9.15. The lowest BCUT2D eigenvalue weighted by molar-refractivity contribution is -0.152. The molecule has 0 saturated heterocycles. The molecule has 0 aromatic rings. The number of halogens is 1. The van der Waals surface area contributed by atoms with Gasteiger partial charge < -0.3 is 4.74 Å². The van der Waals surface area contributed by atoms with E-state index >= 15 is 0 Å². The fraction of sp³-hybridized carbons (Fsp3) is 0.923. The van der Waals surface area contributed by atoms with E-state index in [4.69, 9.17) is 9.29 Å². The molecular weight excluding hydrogens is 287 g/mol. The smallest absolute Gasteiger partial charge is 0.312 e. The molecule has 5 nitrogen and oxygen atoms in total. The highest BCUT2D eigenvalue weighted by atomic mass is 32.2. The number of hydrogen-bond donors (Lipinski definition) is 1. The second kappa shape index (κ2) is 5.26. The van der Waals surface area contributed by atoms with E-state index in [1.54, 1.807) is 0 Å². The van der Waals surface area contributed by atoms with E-state index in [2.05, 4.69) is 13.8 Å². The molecule has 0 heterocycles. The third kappa shape index (κ3) is 3.14. The molecule has 7 heteroatoms. The average molecular weight is 308 g/mol. The summed E-state index contributed by atoms with van der Waals surface area (Å²) in [6.45, 7) is 3.31. The summed E-state index contributed by atoms with van der Waals surface area (Å²) in [6.07, 6.45) is 3.46. The van der Waals surface area contributed by atoms with Gasteiger partial charge in [-0.15, -0.1) is 0 Å².